The predicted molar refractivity (Wildman–Crippen MR) is 110 cm³/mol. The molecule has 2 heterocycles. The van der Waals surface area contributed by atoms with Crippen LogP contribution in [0.4, 0.5) is 17.6 Å². The summed E-state index contributed by atoms with van der Waals surface area (Å²) < 4.78 is 78.3. The number of aromatic nitrogens is 3. The molecule has 0 spiro atoms. The molecule has 33 heavy (non-hydrogen) atoms. The summed E-state index contributed by atoms with van der Waals surface area (Å²) in [7, 11) is -4.10. The van der Waals surface area contributed by atoms with Crippen molar-refractivity contribution in [1.82, 2.24) is 14.8 Å². The second-order valence-electron chi connectivity index (χ2n) is 7.70. The van der Waals surface area contributed by atoms with E-state index in [9.17, 15) is 31.1 Å². The summed E-state index contributed by atoms with van der Waals surface area (Å²) in [6.07, 6.45) is -4.97. The van der Waals surface area contributed by atoms with Crippen molar-refractivity contribution in [1.29, 1.82) is 0 Å². The Kier molecular flexibility index (Phi) is 6.51. The van der Waals surface area contributed by atoms with Crippen molar-refractivity contribution in [3.05, 3.63) is 65.7 Å². The zero-order chi connectivity index (χ0) is 24.6. The van der Waals surface area contributed by atoms with Gasteiger partial charge in [-0.3, -0.25) is 4.68 Å². The lowest BCUT2D eigenvalue weighted by atomic mass is 10.0. The Morgan fingerprint density at radius 1 is 1.15 bits per heavy atom. The monoisotopic (exact) mass is 488 g/mol. The fourth-order valence-electron chi connectivity index (χ4n) is 2.89. The normalized spacial score (nSPS) is 13.7. The van der Waals surface area contributed by atoms with Crippen LogP contribution in [0.1, 0.15) is 31.2 Å². The third-order valence-corrected chi connectivity index (χ3v) is 6.62. The topological polar surface area (TPSA) is 120 Å². The lowest BCUT2D eigenvalue weighted by Gasteiger charge is -2.27. The number of nitrogens with zero attached hydrogens (tertiary/aromatic N) is 3. The van der Waals surface area contributed by atoms with Crippen LogP contribution in [-0.4, -0.2) is 39.4 Å². The molecule has 178 valence electrons. The molecule has 0 radical (unpaired) electrons. The van der Waals surface area contributed by atoms with Crippen LogP contribution in [0, 0.1) is 5.82 Å². The average Bonchev–Trinajstić information content (AvgIpc) is 3.16. The first-order valence-corrected chi connectivity index (χ1v) is 11.0. The Morgan fingerprint density at radius 3 is 2.48 bits per heavy atom. The van der Waals surface area contributed by atoms with Gasteiger partial charge in [0.05, 0.1) is 17.9 Å². The van der Waals surface area contributed by atoms with E-state index in [-0.39, 0.29) is 23.5 Å². The molecule has 2 aromatic heterocycles. The maximum absolute atomic E-state index is 14.1. The highest BCUT2D eigenvalue weighted by atomic mass is 32.2. The third-order valence-electron chi connectivity index (χ3n) is 4.93. The Morgan fingerprint density at radius 2 is 1.85 bits per heavy atom. The lowest BCUT2D eigenvalue weighted by Crippen LogP contribution is -2.43. The van der Waals surface area contributed by atoms with Gasteiger partial charge in [0.2, 0.25) is 10.0 Å². The number of rotatable bonds is 7. The van der Waals surface area contributed by atoms with Crippen molar-refractivity contribution in [3.63, 3.8) is 0 Å². The number of aliphatic hydroxyl groups is 1. The van der Waals surface area contributed by atoms with Gasteiger partial charge >= 0.3 is 6.36 Å². The molecular weight excluding hydrogens is 468 g/mol. The minimum absolute atomic E-state index is 0.0455. The molecule has 0 saturated carbocycles. The van der Waals surface area contributed by atoms with E-state index in [1.807, 2.05) is 0 Å². The molecule has 3 N–H and O–H groups in total. The van der Waals surface area contributed by atoms with Crippen molar-refractivity contribution >= 4 is 10.0 Å². The van der Waals surface area contributed by atoms with Gasteiger partial charge in [-0.25, -0.2) is 22.9 Å². The quantitative estimate of drug-likeness (QED) is 0.493. The van der Waals surface area contributed by atoms with Crippen molar-refractivity contribution < 1.29 is 35.8 Å². The number of pyridine rings is 1. The van der Waals surface area contributed by atoms with Gasteiger partial charge < -0.3 is 9.84 Å². The van der Waals surface area contributed by atoms with Crippen LogP contribution in [0.5, 0.6) is 5.75 Å². The van der Waals surface area contributed by atoms with Crippen LogP contribution >= 0.6 is 0 Å². The van der Waals surface area contributed by atoms with E-state index >= 15 is 0 Å². The van der Waals surface area contributed by atoms with E-state index in [4.69, 9.17) is 5.14 Å². The number of halogens is 4. The minimum Gasteiger partial charge on any atom is -0.406 e. The Balaban J connectivity index is 1.85. The number of aliphatic hydroxyl groups excluding tert-OH is 1. The molecule has 8 nitrogen and oxygen atoms in total. The summed E-state index contributed by atoms with van der Waals surface area (Å²) in [6, 6.07) is 8.71. The fraction of sp³-hybridized carbons (Fsp3) is 0.300. The molecule has 3 aromatic rings. The summed E-state index contributed by atoms with van der Waals surface area (Å²) in [5, 5.41) is 19.9. The number of alkyl halides is 3. The second-order valence-corrected chi connectivity index (χ2v) is 9.84. The van der Waals surface area contributed by atoms with Gasteiger partial charge in [-0.05, 0) is 50.2 Å². The van der Waals surface area contributed by atoms with Gasteiger partial charge in [0, 0.05) is 11.8 Å². The van der Waals surface area contributed by atoms with Crippen molar-refractivity contribution in [2.45, 2.75) is 37.6 Å². The molecule has 13 heteroatoms. The largest absolute Gasteiger partial charge is 0.573 e. The maximum atomic E-state index is 14.1. The first-order chi connectivity index (χ1) is 15.2. The predicted octanol–water partition coefficient (Wildman–Crippen LogP) is 3.13. The van der Waals surface area contributed by atoms with Gasteiger partial charge in [-0.1, -0.05) is 6.07 Å². The standard InChI is InChI=1S/C20H20F4N4O4S/c1-19(2,33(25,30)31)18(29)17-5-3-4-15(26-17)16-8-9-28(27-16)11-12-10-13(6-7-14(12)21)32-20(22,23)24/h3-10,18,29H,11H2,1-2H3,(H2,25,30,31). The molecule has 1 unspecified atom stereocenters. The highest BCUT2D eigenvalue weighted by Crippen LogP contribution is 2.31. The fourth-order valence-corrected chi connectivity index (χ4v) is 3.32. The van der Waals surface area contributed by atoms with Crippen molar-refractivity contribution in [3.8, 4) is 17.1 Å². The number of benzene rings is 1. The third kappa shape index (κ3) is 5.67. The van der Waals surface area contributed by atoms with E-state index in [1.165, 1.54) is 42.9 Å². The van der Waals surface area contributed by atoms with Gasteiger partial charge in [-0.2, -0.15) is 5.10 Å². The van der Waals surface area contributed by atoms with Crippen molar-refractivity contribution in [2.24, 2.45) is 5.14 Å². The SMILES string of the molecule is CC(C)(C(O)c1cccc(-c2ccn(Cc3cc(OC(F)(F)F)ccc3F)n2)n1)S(N)(=O)=O. The molecule has 0 saturated heterocycles. The highest BCUT2D eigenvalue weighted by molar-refractivity contribution is 7.90. The number of sulfonamides is 1. The number of hydrogen-bond donors (Lipinski definition) is 2. The van der Waals surface area contributed by atoms with E-state index in [0.29, 0.717) is 5.69 Å². The van der Waals surface area contributed by atoms with Gasteiger partial charge in [0.15, 0.2) is 0 Å². The molecule has 0 amide bonds. The smallest absolute Gasteiger partial charge is 0.406 e. The zero-order valence-electron chi connectivity index (χ0n) is 17.4. The Hall–Kier alpha value is -3.03. The van der Waals surface area contributed by atoms with E-state index < -0.39 is 38.8 Å². The van der Waals surface area contributed by atoms with Gasteiger partial charge in [0.1, 0.15) is 28.1 Å². The first kappa shape index (κ1) is 24.6. The summed E-state index contributed by atoms with van der Waals surface area (Å²) >= 11 is 0. The van der Waals surface area contributed by atoms with Crippen LogP contribution in [0.15, 0.2) is 48.7 Å². The molecular formula is C20H20F4N4O4S. The summed E-state index contributed by atoms with van der Waals surface area (Å²) in [6.45, 7) is 2.34. The summed E-state index contributed by atoms with van der Waals surface area (Å²) in [5.41, 5.74) is 0.549. The lowest BCUT2D eigenvalue weighted by molar-refractivity contribution is -0.274. The summed E-state index contributed by atoms with van der Waals surface area (Å²) in [4.78, 5) is 4.25. The minimum atomic E-state index is -4.91. The van der Waals surface area contributed by atoms with Crippen LogP contribution in [-0.2, 0) is 16.6 Å². The molecule has 3 rings (SSSR count). The second kappa shape index (κ2) is 8.72. The van der Waals surface area contributed by atoms with Crippen LogP contribution < -0.4 is 9.88 Å². The first-order valence-electron chi connectivity index (χ1n) is 9.43. The average molecular weight is 488 g/mol. The molecule has 0 aliphatic rings. The molecule has 0 fully saturated rings. The van der Waals surface area contributed by atoms with E-state index in [2.05, 4.69) is 14.8 Å². The van der Waals surface area contributed by atoms with Crippen LogP contribution in [0.3, 0.4) is 0 Å². The van der Waals surface area contributed by atoms with E-state index in [1.54, 1.807) is 6.07 Å². The molecule has 0 aliphatic carbocycles. The number of hydrogen-bond acceptors (Lipinski definition) is 6. The maximum Gasteiger partial charge on any atom is 0.573 e. The summed E-state index contributed by atoms with van der Waals surface area (Å²) in [5.74, 6) is -1.30. The van der Waals surface area contributed by atoms with Crippen LogP contribution in [0.2, 0.25) is 0 Å². The molecule has 1 atom stereocenters. The molecule has 0 aliphatic heterocycles. The van der Waals surface area contributed by atoms with Gasteiger partial charge in [0.25, 0.3) is 0 Å². The van der Waals surface area contributed by atoms with E-state index in [0.717, 1.165) is 18.2 Å². The zero-order valence-corrected chi connectivity index (χ0v) is 18.2. The Bertz CT molecular complexity index is 1260. The number of nitrogens with two attached hydrogens (primary N) is 1. The number of primary sulfonamides is 1. The van der Waals surface area contributed by atoms with Crippen LogP contribution in [0.25, 0.3) is 11.4 Å². The van der Waals surface area contributed by atoms with Crippen molar-refractivity contribution in [2.75, 3.05) is 0 Å². The molecule has 0 bridgehead atoms. The molecule has 1 aromatic carbocycles. The highest BCUT2D eigenvalue weighted by Gasteiger charge is 2.40. The number of ether oxygens (including phenoxy) is 1. The Labute approximate surface area is 186 Å². The van der Waals surface area contributed by atoms with Gasteiger partial charge in [-0.15, -0.1) is 13.2 Å².